The molecule has 0 atom stereocenters. The number of rotatable bonds is 2. The van der Waals surface area contributed by atoms with Gasteiger partial charge in [0.15, 0.2) is 11.5 Å². The SMILES string of the molecule is COC(=O)c1nc(C)n(-c2c(F)cc(F)cc2Br)c1N. The molecule has 5 nitrogen and oxygen atoms in total. The Labute approximate surface area is 121 Å². The fraction of sp³-hybridized carbons (Fsp3) is 0.167. The first-order chi connectivity index (χ1) is 9.36. The number of aromatic nitrogens is 2. The third kappa shape index (κ3) is 2.26. The molecule has 8 heteroatoms. The van der Waals surface area contributed by atoms with Gasteiger partial charge >= 0.3 is 5.97 Å². The van der Waals surface area contributed by atoms with Crippen molar-refractivity contribution in [2.75, 3.05) is 12.8 Å². The fourth-order valence-corrected chi connectivity index (χ4v) is 2.41. The molecule has 106 valence electrons. The first-order valence-corrected chi connectivity index (χ1v) is 6.24. The maximum Gasteiger partial charge on any atom is 0.360 e. The zero-order chi connectivity index (χ0) is 15.0. The second-order valence-electron chi connectivity index (χ2n) is 3.94. The van der Waals surface area contributed by atoms with E-state index in [9.17, 15) is 13.6 Å². The van der Waals surface area contributed by atoms with Gasteiger partial charge in [-0.25, -0.2) is 18.6 Å². The van der Waals surface area contributed by atoms with Crippen molar-refractivity contribution in [1.82, 2.24) is 9.55 Å². The molecule has 0 bridgehead atoms. The van der Waals surface area contributed by atoms with Crippen LogP contribution >= 0.6 is 15.9 Å². The van der Waals surface area contributed by atoms with Crippen molar-refractivity contribution in [2.45, 2.75) is 6.92 Å². The molecule has 2 rings (SSSR count). The van der Waals surface area contributed by atoms with Crippen LogP contribution in [-0.4, -0.2) is 22.6 Å². The van der Waals surface area contributed by atoms with Crippen LogP contribution in [0.1, 0.15) is 16.3 Å². The largest absolute Gasteiger partial charge is 0.464 e. The number of nitrogen functional groups attached to an aromatic ring is 1. The molecule has 0 aliphatic carbocycles. The van der Waals surface area contributed by atoms with E-state index in [0.717, 1.165) is 12.1 Å². The second kappa shape index (κ2) is 5.20. The molecule has 0 saturated carbocycles. The van der Waals surface area contributed by atoms with Gasteiger partial charge in [-0.05, 0) is 28.9 Å². The highest BCUT2D eigenvalue weighted by atomic mass is 79.9. The van der Waals surface area contributed by atoms with E-state index < -0.39 is 17.6 Å². The molecule has 0 spiro atoms. The standard InChI is InChI=1S/C12H10BrF2N3O2/c1-5-17-9(12(19)20-2)11(16)18(5)10-7(13)3-6(14)4-8(10)15/h3-4H,16H2,1-2H3. The molecule has 0 unspecified atom stereocenters. The van der Waals surface area contributed by atoms with Gasteiger partial charge in [-0.1, -0.05) is 0 Å². The van der Waals surface area contributed by atoms with Crippen molar-refractivity contribution < 1.29 is 18.3 Å². The Morgan fingerprint density at radius 2 is 2.10 bits per heavy atom. The van der Waals surface area contributed by atoms with Gasteiger partial charge in [0.25, 0.3) is 0 Å². The number of nitrogens with two attached hydrogens (primary N) is 1. The van der Waals surface area contributed by atoms with Gasteiger partial charge in [0.2, 0.25) is 0 Å². The quantitative estimate of drug-likeness (QED) is 0.849. The predicted octanol–water partition coefficient (Wildman–Crippen LogP) is 2.59. The Balaban J connectivity index is 2.71. The van der Waals surface area contributed by atoms with Gasteiger partial charge in [0, 0.05) is 10.5 Å². The minimum absolute atomic E-state index is 0.0240. The fourth-order valence-electron chi connectivity index (χ4n) is 1.83. The van der Waals surface area contributed by atoms with E-state index in [1.807, 2.05) is 0 Å². The molecule has 1 aromatic carbocycles. The average molecular weight is 346 g/mol. The summed E-state index contributed by atoms with van der Waals surface area (Å²) < 4.78 is 33.0. The molecule has 0 aliphatic rings. The van der Waals surface area contributed by atoms with Gasteiger partial charge in [-0.3, -0.25) is 4.57 Å². The molecule has 20 heavy (non-hydrogen) atoms. The summed E-state index contributed by atoms with van der Waals surface area (Å²) in [6.45, 7) is 1.54. The number of esters is 1. The summed E-state index contributed by atoms with van der Waals surface area (Å²) in [6.07, 6.45) is 0. The zero-order valence-corrected chi connectivity index (χ0v) is 12.2. The van der Waals surface area contributed by atoms with Crippen LogP contribution in [0, 0.1) is 18.6 Å². The molecular formula is C12H10BrF2N3O2. The smallest absolute Gasteiger partial charge is 0.360 e. The van der Waals surface area contributed by atoms with Crippen molar-refractivity contribution in [2.24, 2.45) is 0 Å². The van der Waals surface area contributed by atoms with E-state index in [1.54, 1.807) is 0 Å². The van der Waals surface area contributed by atoms with Crippen LogP contribution in [0.5, 0.6) is 0 Å². The van der Waals surface area contributed by atoms with Crippen LogP contribution in [-0.2, 0) is 4.74 Å². The molecule has 0 aliphatic heterocycles. The van der Waals surface area contributed by atoms with Crippen LogP contribution in [0.3, 0.4) is 0 Å². The van der Waals surface area contributed by atoms with Crippen LogP contribution in [0.25, 0.3) is 5.69 Å². The third-order valence-electron chi connectivity index (χ3n) is 2.66. The van der Waals surface area contributed by atoms with E-state index in [-0.39, 0.29) is 27.5 Å². The lowest BCUT2D eigenvalue weighted by atomic mass is 10.3. The van der Waals surface area contributed by atoms with Crippen LogP contribution in [0.4, 0.5) is 14.6 Å². The van der Waals surface area contributed by atoms with Gasteiger partial charge < -0.3 is 10.5 Å². The molecule has 0 fully saturated rings. The molecule has 0 amide bonds. The first-order valence-electron chi connectivity index (χ1n) is 5.44. The van der Waals surface area contributed by atoms with Crippen molar-refractivity contribution in [1.29, 1.82) is 0 Å². The van der Waals surface area contributed by atoms with Crippen LogP contribution < -0.4 is 5.73 Å². The average Bonchev–Trinajstić information content (AvgIpc) is 2.65. The normalized spacial score (nSPS) is 10.7. The monoisotopic (exact) mass is 345 g/mol. The van der Waals surface area contributed by atoms with Crippen molar-refractivity contribution >= 4 is 27.7 Å². The minimum atomic E-state index is -0.833. The van der Waals surface area contributed by atoms with E-state index in [2.05, 4.69) is 25.7 Å². The highest BCUT2D eigenvalue weighted by Gasteiger charge is 2.23. The maximum absolute atomic E-state index is 14.0. The van der Waals surface area contributed by atoms with E-state index in [0.29, 0.717) is 0 Å². The molecule has 2 aromatic rings. The number of hydrogen-bond acceptors (Lipinski definition) is 4. The van der Waals surface area contributed by atoms with Gasteiger partial charge in [-0.15, -0.1) is 0 Å². The number of hydrogen-bond donors (Lipinski definition) is 1. The highest BCUT2D eigenvalue weighted by Crippen LogP contribution is 2.30. The highest BCUT2D eigenvalue weighted by molar-refractivity contribution is 9.10. The van der Waals surface area contributed by atoms with E-state index in [1.165, 1.54) is 18.6 Å². The number of anilines is 1. The van der Waals surface area contributed by atoms with E-state index in [4.69, 9.17) is 5.73 Å². The number of methoxy groups -OCH3 is 1. The number of carbonyl (C=O) groups excluding carboxylic acids is 1. The lowest BCUT2D eigenvalue weighted by Crippen LogP contribution is -2.09. The molecular weight excluding hydrogens is 336 g/mol. The number of carbonyl (C=O) groups is 1. The Bertz CT molecular complexity index is 677. The number of nitrogens with zero attached hydrogens (tertiary/aromatic N) is 2. The van der Waals surface area contributed by atoms with Gasteiger partial charge in [0.05, 0.1) is 12.8 Å². The minimum Gasteiger partial charge on any atom is -0.464 e. The summed E-state index contributed by atoms with van der Waals surface area (Å²) >= 11 is 3.07. The zero-order valence-electron chi connectivity index (χ0n) is 10.6. The van der Waals surface area contributed by atoms with Crippen molar-refractivity contribution in [3.8, 4) is 5.69 Å². The second-order valence-corrected chi connectivity index (χ2v) is 4.79. The van der Waals surface area contributed by atoms with Crippen molar-refractivity contribution in [3.05, 3.63) is 39.8 Å². The van der Waals surface area contributed by atoms with Crippen LogP contribution in [0.15, 0.2) is 16.6 Å². The summed E-state index contributed by atoms with van der Waals surface area (Å²) in [7, 11) is 1.19. The number of halogens is 3. The van der Waals surface area contributed by atoms with Gasteiger partial charge in [0.1, 0.15) is 17.5 Å². The molecule has 2 N–H and O–H groups in total. The topological polar surface area (TPSA) is 70.1 Å². The molecule has 1 aromatic heterocycles. The summed E-state index contributed by atoms with van der Waals surface area (Å²) in [5.74, 6) is -2.11. The lowest BCUT2D eigenvalue weighted by molar-refractivity contribution is 0.0596. The Morgan fingerprint density at radius 3 is 2.65 bits per heavy atom. The first kappa shape index (κ1) is 14.4. The number of imidazole rings is 1. The van der Waals surface area contributed by atoms with Crippen LogP contribution in [0.2, 0.25) is 0 Å². The summed E-state index contributed by atoms with van der Waals surface area (Å²) in [6, 6.07) is 1.81. The third-order valence-corrected chi connectivity index (χ3v) is 3.27. The molecule has 1 heterocycles. The van der Waals surface area contributed by atoms with Gasteiger partial charge in [-0.2, -0.15) is 0 Å². The maximum atomic E-state index is 14.0. The number of ether oxygens (including phenoxy) is 1. The number of benzene rings is 1. The Kier molecular flexibility index (Phi) is 3.76. The molecule has 0 saturated heterocycles. The van der Waals surface area contributed by atoms with Crippen molar-refractivity contribution in [3.63, 3.8) is 0 Å². The summed E-state index contributed by atoms with van der Waals surface area (Å²) in [5.41, 5.74) is 5.66. The predicted molar refractivity (Wildman–Crippen MR) is 71.7 cm³/mol. The Hall–Kier alpha value is -1.96. The summed E-state index contributed by atoms with van der Waals surface area (Å²) in [5, 5.41) is 0. The molecule has 0 radical (unpaired) electrons. The Morgan fingerprint density at radius 1 is 1.45 bits per heavy atom. The lowest BCUT2D eigenvalue weighted by Gasteiger charge is -2.11. The summed E-state index contributed by atoms with van der Waals surface area (Å²) in [4.78, 5) is 15.5. The number of aryl methyl sites for hydroxylation is 1. The van der Waals surface area contributed by atoms with E-state index >= 15 is 0 Å².